The lowest BCUT2D eigenvalue weighted by Gasteiger charge is -2.46. The van der Waals surface area contributed by atoms with Crippen LogP contribution in [-0.4, -0.2) is 140 Å². The van der Waals surface area contributed by atoms with E-state index < -0.39 is 86.8 Å². The van der Waals surface area contributed by atoms with E-state index in [1.165, 1.54) is 116 Å². The minimum atomic E-state index is -1.78. The van der Waals surface area contributed by atoms with E-state index in [-0.39, 0.29) is 12.5 Å². The van der Waals surface area contributed by atoms with Crippen molar-refractivity contribution in [2.24, 2.45) is 0 Å². The first-order chi connectivity index (χ1) is 37.1. The van der Waals surface area contributed by atoms with Crippen LogP contribution in [-0.2, 0) is 23.7 Å². The molecule has 2 saturated heterocycles. The van der Waals surface area contributed by atoms with Crippen molar-refractivity contribution in [3.05, 3.63) is 60.8 Å². The molecule has 0 bridgehead atoms. The van der Waals surface area contributed by atoms with Crippen LogP contribution >= 0.6 is 0 Å². The molecule has 1 amide bonds. The van der Waals surface area contributed by atoms with Crippen molar-refractivity contribution in [1.29, 1.82) is 0 Å². The van der Waals surface area contributed by atoms with Gasteiger partial charge >= 0.3 is 0 Å². The quantitative estimate of drug-likeness (QED) is 0.0204. The summed E-state index contributed by atoms with van der Waals surface area (Å²) in [6.45, 7) is 2.69. The molecule has 12 unspecified atom stereocenters. The molecule has 0 aromatic rings. The molecule has 0 radical (unpaired) electrons. The highest BCUT2D eigenvalue weighted by Crippen LogP contribution is 2.30. The van der Waals surface area contributed by atoms with Gasteiger partial charge in [-0.1, -0.05) is 229 Å². The van der Waals surface area contributed by atoms with Crippen molar-refractivity contribution in [1.82, 2.24) is 5.32 Å². The molecule has 2 aliphatic heterocycles. The number of hydrogen-bond donors (Lipinski definition) is 9. The highest BCUT2D eigenvalue weighted by Gasteiger charge is 2.51. The lowest BCUT2D eigenvalue weighted by atomic mass is 9.97. The molecule has 14 nitrogen and oxygen atoms in total. The highest BCUT2D eigenvalue weighted by molar-refractivity contribution is 5.76. The summed E-state index contributed by atoms with van der Waals surface area (Å²) in [5.41, 5.74) is 0. The molecule has 442 valence electrons. The number of allylic oxidation sites excluding steroid dienone is 10. The number of aliphatic hydroxyl groups excluding tert-OH is 8. The highest BCUT2D eigenvalue weighted by atomic mass is 16.7. The molecule has 9 N–H and O–H groups in total. The van der Waals surface area contributed by atoms with E-state index in [1.807, 2.05) is 0 Å². The van der Waals surface area contributed by atoms with Crippen molar-refractivity contribution in [2.45, 2.75) is 306 Å². The molecular formula is C62H111NO13. The molecule has 2 aliphatic rings. The largest absolute Gasteiger partial charge is 0.394 e. The third-order valence-corrected chi connectivity index (χ3v) is 14.7. The van der Waals surface area contributed by atoms with Crippen LogP contribution in [0.1, 0.15) is 232 Å². The number of nitrogens with one attached hydrogen (secondary N) is 1. The predicted octanol–water partition coefficient (Wildman–Crippen LogP) is 10.6. The van der Waals surface area contributed by atoms with E-state index >= 15 is 0 Å². The molecule has 76 heavy (non-hydrogen) atoms. The number of carbonyl (C=O) groups excluding carboxylic acids is 1. The molecule has 0 spiro atoms. The number of rotatable bonds is 48. The Balaban J connectivity index is 1.54. The zero-order chi connectivity index (χ0) is 55.3. The van der Waals surface area contributed by atoms with Crippen LogP contribution in [0.5, 0.6) is 0 Å². The lowest BCUT2D eigenvalue weighted by molar-refractivity contribution is -0.359. The number of amides is 1. The zero-order valence-corrected chi connectivity index (χ0v) is 47.5. The van der Waals surface area contributed by atoms with Gasteiger partial charge in [0.2, 0.25) is 5.91 Å². The average molecular weight is 1080 g/mol. The fraction of sp³-hybridized carbons (Fsp3) is 0.823. The van der Waals surface area contributed by atoms with Crippen molar-refractivity contribution in [3.8, 4) is 0 Å². The molecule has 2 fully saturated rings. The van der Waals surface area contributed by atoms with E-state index in [9.17, 15) is 45.6 Å². The first-order valence-corrected chi connectivity index (χ1v) is 30.5. The van der Waals surface area contributed by atoms with E-state index in [4.69, 9.17) is 18.9 Å². The van der Waals surface area contributed by atoms with Gasteiger partial charge in [-0.15, -0.1) is 0 Å². The second-order valence-corrected chi connectivity index (χ2v) is 21.5. The van der Waals surface area contributed by atoms with Gasteiger partial charge in [-0.3, -0.25) is 4.79 Å². The summed E-state index contributed by atoms with van der Waals surface area (Å²) in [5.74, 6) is -0.210. The van der Waals surface area contributed by atoms with E-state index in [1.54, 1.807) is 0 Å². The van der Waals surface area contributed by atoms with Gasteiger partial charge in [0.1, 0.15) is 48.8 Å². The Morgan fingerprint density at radius 2 is 0.908 bits per heavy atom. The maximum atomic E-state index is 13.2. The summed E-state index contributed by atoms with van der Waals surface area (Å²) >= 11 is 0. The van der Waals surface area contributed by atoms with Gasteiger partial charge in [0.25, 0.3) is 0 Å². The van der Waals surface area contributed by atoms with Gasteiger partial charge in [-0.2, -0.15) is 0 Å². The molecule has 0 aliphatic carbocycles. The second kappa shape index (κ2) is 47.5. The van der Waals surface area contributed by atoms with Crippen LogP contribution in [0.4, 0.5) is 0 Å². The van der Waals surface area contributed by atoms with Crippen molar-refractivity contribution < 1.29 is 64.6 Å². The second-order valence-electron chi connectivity index (χ2n) is 21.5. The van der Waals surface area contributed by atoms with Gasteiger partial charge in [0.05, 0.1) is 32.0 Å². The predicted molar refractivity (Wildman–Crippen MR) is 304 cm³/mol. The standard InChI is InChI=1S/C62H111NO13/c1-3-5-7-9-11-12-13-14-15-16-17-18-19-20-21-22-23-24-25-26-27-28-29-30-31-32-33-34-35-36-37-38-40-42-44-46-54(67)63-50(51(66)45-43-41-39-10-8-6-4-2)49-73-61-59(72)57(70)60(53(48-65)75-61)76-62-58(71)56(69)55(68)52(47-64)74-62/h5,7,11-12,14-15,17-18,20-21,50-53,55-62,64-66,68-72H,3-4,6,8-10,13,16,19,22-49H2,1-2H3,(H,63,67)/b7-5-,12-11-,15-14-,18-17-,21-20-. The Morgan fingerprint density at radius 1 is 0.487 bits per heavy atom. The van der Waals surface area contributed by atoms with Crippen molar-refractivity contribution >= 4 is 5.91 Å². The minimum absolute atomic E-state index is 0.210. The average Bonchev–Trinajstić information content (AvgIpc) is 3.42. The topological polar surface area (TPSA) is 228 Å². The molecule has 12 atom stereocenters. The summed E-state index contributed by atoms with van der Waals surface area (Å²) in [7, 11) is 0. The number of carbonyl (C=O) groups is 1. The van der Waals surface area contributed by atoms with Gasteiger partial charge in [0.15, 0.2) is 12.6 Å². The minimum Gasteiger partial charge on any atom is -0.394 e. The fourth-order valence-electron chi connectivity index (χ4n) is 9.85. The number of ether oxygens (including phenoxy) is 4. The van der Waals surface area contributed by atoms with Gasteiger partial charge in [-0.25, -0.2) is 0 Å². The van der Waals surface area contributed by atoms with Crippen LogP contribution in [0.3, 0.4) is 0 Å². The Bertz CT molecular complexity index is 1510. The van der Waals surface area contributed by atoms with Crippen LogP contribution in [0, 0.1) is 0 Å². The summed E-state index contributed by atoms with van der Waals surface area (Å²) in [6.07, 6.45) is 44.3. The van der Waals surface area contributed by atoms with Gasteiger partial charge in [0, 0.05) is 6.42 Å². The summed E-state index contributed by atoms with van der Waals surface area (Å²) in [5, 5.41) is 86.8. The Labute approximate surface area is 460 Å². The zero-order valence-electron chi connectivity index (χ0n) is 47.5. The van der Waals surface area contributed by atoms with Gasteiger partial charge in [-0.05, 0) is 57.8 Å². The third-order valence-electron chi connectivity index (χ3n) is 14.7. The third kappa shape index (κ3) is 32.7. The molecule has 0 saturated carbocycles. The summed E-state index contributed by atoms with van der Waals surface area (Å²) < 4.78 is 22.7. The molecular weight excluding hydrogens is 967 g/mol. The SMILES string of the molecule is CC/C=C\C/C=C\C/C=C\C/C=C\C/C=C\CCCCCCCCCCCCCCCCCCCCCC(=O)NC(COC1OC(CO)C(OC2OC(CO)C(O)C(O)C2O)C(O)C1O)C(O)CCCCCCCCC. The van der Waals surface area contributed by atoms with Crippen LogP contribution in [0.15, 0.2) is 60.8 Å². The van der Waals surface area contributed by atoms with Crippen molar-refractivity contribution in [3.63, 3.8) is 0 Å². The lowest BCUT2D eigenvalue weighted by Crippen LogP contribution is -2.65. The molecule has 0 aromatic carbocycles. The maximum absolute atomic E-state index is 13.2. The van der Waals surface area contributed by atoms with Crippen LogP contribution in [0.25, 0.3) is 0 Å². The van der Waals surface area contributed by atoms with Crippen LogP contribution < -0.4 is 5.32 Å². The number of aliphatic hydroxyl groups is 8. The maximum Gasteiger partial charge on any atom is 0.220 e. The summed E-state index contributed by atoms with van der Waals surface area (Å²) in [6, 6.07) is -0.826. The molecule has 2 heterocycles. The van der Waals surface area contributed by atoms with Crippen LogP contribution in [0.2, 0.25) is 0 Å². The smallest absolute Gasteiger partial charge is 0.220 e. The van der Waals surface area contributed by atoms with E-state index in [0.717, 1.165) is 89.9 Å². The molecule has 14 heteroatoms. The monoisotopic (exact) mass is 1080 g/mol. The molecule has 0 aromatic heterocycles. The Morgan fingerprint density at radius 3 is 1.39 bits per heavy atom. The number of hydrogen-bond acceptors (Lipinski definition) is 13. The fourth-order valence-corrected chi connectivity index (χ4v) is 9.85. The van der Waals surface area contributed by atoms with E-state index in [2.05, 4.69) is 79.9 Å². The number of unbranched alkanes of at least 4 members (excludes halogenated alkanes) is 25. The molecule has 2 rings (SSSR count). The van der Waals surface area contributed by atoms with E-state index in [0.29, 0.717) is 12.8 Å². The summed E-state index contributed by atoms with van der Waals surface area (Å²) in [4.78, 5) is 13.2. The Kier molecular flexibility index (Phi) is 43.6. The van der Waals surface area contributed by atoms with Gasteiger partial charge < -0.3 is 65.1 Å². The first kappa shape index (κ1) is 69.8. The normalized spacial score (nSPS) is 25.3. The first-order valence-electron chi connectivity index (χ1n) is 30.5. The van der Waals surface area contributed by atoms with Crippen molar-refractivity contribution in [2.75, 3.05) is 19.8 Å². The Hall–Kier alpha value is -2.31.